The van der Waals surface area contributed by atoms with Crippen LogP contribution in [0.2, 0.25) is 0 Å². The van der Waals surface area contributed by atoms with Crippen LogP contribution >= 0.6 is 0 Å². The molecule has 24 atom stereocenters. The minimum atomic E-state index is -1.80. The van der Waals surface area contributed by atoms with Gasteiger partial charge in [0.25, 0.3) is 0 Å². The minimum Gasteiger partial charge on any atom is -0.469 e. The van der Waals surface area contributed by atoms with E-state index < -0.39 is 175 Å². The van der Waals surface area contributed by atoms with Gasteiger partial charge in [0.1, 0.15) is 67.1 Å². The van der Waals surface area contributed by atoms with Crippen molar-refractivity contribution in [2.45, 2.75) is 184 Å². The molecule has 7 fully saturated rings. The molecule has 3 heterocycles. The van der Waals surface area contributed by atoms with Crippen molar-refractivity contribution in [3.8, 4) is 0 Å². The fourth-order valence-corrected chi connectivity index (χ4v) is 14.5. The van der Waals surface area contributed by atoms with Gasteiger partial charge in [-0.05, 0) is 86.4 Å². The number of allylic oxidation sites excluding steroid dienone is 4. The smallest absolute Gasteiger partial charge is 0.315 e. The molecule has 12 N–H and O–H groups in total. The molecule has 21 nitrogen and oxygen atoms in total. The van der Waals surface area contributed by atoms with Gasteiger partial charge < -0.3 is 94.4 Å². The summed E-state index contributed by atoms with van der Waals surface area (Å²) in [5, 5.41) is 128. The van der Waals surface area contributed by atoms with Crippen molar-refractivity contribution in [1.29, 1.82) is 0 Å². The summed E-state index contributed by atoms with van der Waals surface area (Å²) in [5.41, 5.74) is -3.29. The first-order valence-corrected chi connectivity index (χ1v) is 24.3. The Morgan fingerprint density at radius 2 is 1.25 bits per heavy atom. The molecule has 0 bridgehead atoms. The maximum absolute atomic E-state index is 14.8. The molecule has 8 aliphatic rings. The third kappa shape index (κ3) is 8.09. The number of aliphatic hydroxyl groups excluding tert-OH is 12. The highest BCUT2D eigenvalue weighted by molar-refractivity contribution is 5.81. The van der Waals surface area contributed by atoms with Crippen LogP contribution in [0.25, 0.3) is 0 Å². The lowest BCUT2D eigenvalue weighted by Gasteiger charge is -2.69. The van der Waals surface area contributed by atoms with Gasteiger partial charge in [-0.2, -0.15) is 0 Å². The van der Waals surface area contributed by atoms with E-state index in [4.69, 9.17) is 33.2 Å². The molecule has 5 aliphatic carbocycles. The molecule has 69 heavy (non-hydrogen) atoms. The Hall–Kier alpha value is -2.26. The number of ether oxygens (including phenoxy) is 7. The van der Waals surface area contributed by atoms with Gasteiger partial charge in [-0.15, -0.1) is 0 Å². The Morgan fingerprint density at radius 3 is 1.86 bits per heavy atom. The van der Waals surface area contributed by atoms with Crippen molar-refractivity contribution >= 4 is 11.9 Å². The zero-order valence-corrected chi connectivity index (χ0v) is 40.1. The molecular formula is C48H74O21. The molecule has 0 radical (unpaired) electrons. The second-order valence-corrected chi connectivity index (χ2v) is 22.5. The van der Waals surface area contributed by atoms with E-state index in [9.17, 15) is 70.9 Å². The molecule has 0 amide bonds. The first-order chi connectivity index (χ1) is 32.4. The van der Waals surface area contributed by atoms with Crippen LogP contribution in [0, 0.1) is 44.3 Å². The van der Waals surface area contributed by atoms with Crippen LogP contribution in [-0.2, 0) is 42.7 Å². The van der Waals surface area contributed by atoms with Crippen molar-refractivity contribution < 1.29 is 104 Å². The number of rotatable bonds is 10. The van der Waals surface area contributed by atoms with E-state index in [0.717, 1.165) is 11.1 Å². The summed E-state index contributed by atoms with van der Waals surface area (Å²) in [6, 6.07) is 0. The normalized spacial score (nSPS) is 53.0. The SMILES string of the molecule is COC(=O)[C@]1(C)CC[C@]2(C(=O)O[C@H]3O[C@@H](CO)[C@H](O)[C@@H](O)[C@@H]3O)CC[C@@]3(C)C(=CC=C4[C@]5(C)C[C@H](O)[C@@H](O[C@H]6OC[C@H](O[C@@H]7O[C@H](CO)[C@@H](O)[C@H](O)[C@H]7O)[C@@H](O)[C@@H]6O)[C@](C)(CO)[C@H]5CC[C@]43C)[C@H]2C1. The molecule has 0 spiro atoms. The third-order valence-electron chi connectivity index (χ3n) is 18.9. The first kappa shape index (κ1) is 53.0. The van der Waals surface area contributed by atoms with E-state index in [0.29, 0.717) is 32.1 Å². The fraction of sp³-hybridized carbons (Fsp3) is 0.875. The Morgan fingerprint density at radius 1 is 0.652 bits per heavy atom. The van der Waals surface area contributed by atoms with E-state index >= 15 is 0 Å². The molecule has 3 aliphatic heterocycles. The molecule has 0 aromatic heterocycles. The fourth-order valence-electron chi connectivity index (χ4n) is 14.5. The highest BCUT2D eigenvalue weighted by Crippen LogP contribution is 2.75. The summed E-state index contributed by atoms with van der Waals surface area (Å²) in [6.07, 6.45) is -17.9. The van der Waals surface area contributed by atoms with E-state index in [1.165, 1.54) is 7.11 Å². The lowest BCUT2D eigenvalue weighted by molar-refractivity contribution is -0.355. The third-order valence-corrected chi connectivity index (χ3v) is 18.9. The van der Waals surface area contributed by atoms with Gasteiger partial charge in [0, 0.05) is 5.41 Å². The summed E-state index contributed by atoms with van der Waals surface area (Å²) in [4.78, 5) is 28.2. The van der Waals surface area contributed by atoms with E-state index in [1.54, 1.807) is 0 Å². The van der Waals surface area contributed by atoms with E-state index in [1.807, 2.05) is 19.9 Å². The number of carbonyl (C=O) groups is 2. The number of carbonyl (C=O) groups excluding carboxylic acids is 2. The molecule has 21 heteroatoms. The zero-order valence-electron chi connectivity index (χ0n) is 40.1. The molecule has 4 saturated carbocycles. The number of hydrogen-bond acceptors (Lipinski definition) is 21. The summed E-state index contributed by atoms with van der Waals surface area (Å²) in [5.74, 6) is -1.99. The van der Waals surface area contributed by atoms with Crippen LogP contribution in [0.1, 0.15) is 86.0 Å². The Bertz CT molecular complexity index is 1980. The highest BCUT2D eigenvalue weighted by Gasteiger charge is 2.70. The molecule has 3 saturated heterocycles. The van der Waals surface area contributed by atoms with Crippen LogP contribution in [0.5, 0.6) is 0 Å². The largest absolute Gasteiger partial charge is 0.469 e. The number of fused-ring (bicyclic) bond motifs is 7. The van der Waals surface area contributed by atoms with Crippen molar-refractivity contribution in [1.82, 2.24) is 0 Å². The number of hydrogen-bond donors (Lipinski definition) is 12. The summed E-state index contributed by atoms with van der Waals surface area (Å²) >= 11 is 0. The van der Waals surface area contributed by atoms with Gasteiger partial charge in [0.2, 0.25) is 6.29 Å². The van der Waals surface area contributed by atoms with Gasteiger partial charge in [0.05, 0.1) is 56.6 Å². The van der Waals surface area contributed by atoms with Crippen LogP contribution in [-0.4, -0.2) is 205 Å². The summed E-state index contributed by atoms with van der Waals surface area (Å²) < 4.78 is 40.2. The topological polar surface area (TPSA) is 342 Å². The quantitative estimate of drug-likeness (QED) is 0.0816. The second kappa shape index (κ2) is 18.9. The standard InChI is InChI=1S/C48H74O21/c1-43(41(61)63-6)11-13-48(42(62)69-40-36(60)33(57)30(54)25(18-50)66-40)14-12-46(4)21(22(48)15-43)7-8-28-44(2)16-23(52)37(45(3,20-51)27(44)9-10-47(28,46)5)68-38-34(58)31(55)26(19-64-38)67-39-35(59)32(56)29(53)24(17-49)65-39/h7-8,22-27,29-40,49-60H,9-20H2,1-6H3/t22-,23+,24-,25+,26+,27+,29-,30+,31-,32+,33-,34+,35-,36+,37-,38-,39+,40-,43-,44-,45-,46+,47-,48+/m1/s1. The Kier molecular flexibility index (Phi) is 14.5. The lowest BCUT2D eigenvalue weighted by Crippen LogP contribution is -2.67. The predicted octanol–water partition coefficient (Wildman–Crippen LogP) is -2.20. The maximum Gasteiger partial charge on any atom is 0.315 e. The van der Waals surface area contributed by atoms with E-state index in [-0.39, 0.29) is 25.2 Å². The lowest BCUT2D eigenvalue weighted by atomic mass is 9.35. The van der Waals surface area contributed by atoms with Crippen molar-refractivity contribution in [3.05, 3.63) is 23.3 Å². The van der Waals surface area contributed by atoms with Gasteiger partial charge in [0.15, 0.2) is 12.6 Å². The average Bonchev–Trinajstić information content (AvgIpc) is 3.32. The molecule has 0 aromatic carbocycles. The van der Waals surface area contributed by atoms with E-state index in [2.05, 4.69) is 26.8 Å². The van der Waals surface area contributed by atoms with Gasteiger partial charge in [-0.3, -0.25) is 9.59 Å². The van der Waals surface area contributed by atoms with Gasteiger partial charge in [-0.1, -0.05) is 51.0 Å². The predicted molar refractivity (Wildman–Crippen MR) is 233 cm³/mol. The van der Waals surface area contributed by atoms with Crippen LogP contribution in [0.4, 0.5) is 0 Å². The molecule has 0 unspecified atom stereocenters. The van der Waals surface area contributed by atoms with Crippen LogP contribution in [0.15, 0.2) is 23.3 Å². The first-order valence-electron chi connectivity index (χ1n) is 24.3. The Balaban J connectivity index is 1.06. The second-order valence-electron chi connectivity index (χ2n) is 22.5. The summed E-state index contributed by atoms with van der Waals surface area (Å²) in [7, 11) is 1.33. The van der Waals surface area contributed by atoms with Crippen LogP contribution in [0.3, 0.4) is 0 Å². The number of methoxy groups -OCH3 is 1. The number of aliphatic hydroxyl groups is 12. The molecular weight excluding hydrogens is 913 g/mol. The summed E-state index contributed by atoms with van der Waals surface area (Å²) in [6.45, 7) is 7.84. The molecule has 0 aromatic rings. The zero-order chi connectivity index (χ0) is 50.6. The minimum absolute atomic E-state index is 0.173. The monoisotopic (exact) mass is 986 g/mol. The van der Waals surface area contributed by atoms with Gasteiger partial charge >= 0.3 is 11.9 Å². The van der Waals surface area contributed by atoms with Gasteiger partial charge in [-0.25, -0.2) is 0 Å². The Labute approximate surface area is 400 Å². The average molecular weight is 987 g/mol. The van der Waals surface area contributed by atoms with Crippen molar-refractivity contribution in [2.75, 3.05) is 33.5 Å². The van der Waals surface area contributed by atoms with Crippen molar-refractivity contribution in [3.63, 3.8) is 0 Å². The highest BCUT2D eigenvalue weighted by atomic mass is 16.7. The molecule has 392 valence electrons. The molecule has 8 rings (SSSR count). The van der Waals surface area contributed by atoms with Crippen LogP contribution < -0.4 is 0 Å². The maximum atomic E-state index is 14.8. The number of esters is 2. The van der Waals surface area contributed by atoms with Crippen molar-refractivity contribution in [2.24, 2.45) is 44.3 Å².